The second kappa shape index (κ2) is 10.7. The van der Waals surface area contributed by atoms with Gasteiger partial charge in [-0.15, -0.1) is 0 Å². The summed E-state index contributed by atoms with van der Waals surface area (Å²) in [5.74, 6) is 0.944. The zero-order valence-electron chi connectivity index (χ0n) is 25.9. The molecule has 0 bridgehead atoms. The Morgan fingerprint density at radius 3 is 1.59 bits per heavy atom. The van der Waals surface area contributed by atoms with Crippen molar-refractivity contribution in [3.05, 3.63) is 81.9 Å². The number of phenolic OH excluding ortho intramolecular Hbond substituents is 1. The second-order valence-corrected chi connectivity index (χ2v) is 15.0. The van der Waals surface area contributed by atoms with Gasteiger partial charge in [-0.3, -0.25) is 0 Å². The molecule has 0 fully saturated rings. The highest BCUT2D eigenvalue weighted by atomic mass is 35.5. The van der Waals surface area contributed by atoms with Gasteiger partial charge in [-0.1, -0.05) is 119 Å². The molecular formula is C35H46ClNO2. The SMILES string of the molecule is CC(C)(C)c1cc(C(C)(C)C)c2oc(-c3ccccc3Cl)nc2c1.CC(C)(C)c1cc(O)cc(C(C)(C)C)c1. The third-order valence-electron chi connectivity index (χ3n) is 6.92. The molecule has 0 aliphatic heterocycles. The first-order valence-electron chi connectivity index (χ1n) is 13.7. The lowest BCUT2D eigenvalue weighted by Crippen LogP contribution is -2.16. The predicted molar refractivity (Wildman–Crippen MR) is 167 cm³/mol. The van der Waals surface area contributed by atoms with E-state index in [4.69, 9.17) is 21.0 Å². The van der Waals surface area contributed by atoms with Crippen molar-refractivity contribution in [3.8, 4) is 17.2 Å². The van der Waals surface area contributed by atoms with Gasteiger partial charge in [0.25, 0.3) is 0 Å². The molecule has 0 atom stereocenters. The number of oxazole rings is 1. The van der Waals surface area contributed by atoms with Crippen LogP contribution in [0.25, 0.3) is 22.6 Å². The third-order valence-corrected chi connectivity index (χ3v) is 7.25. The fourth-order valence-electron chi connectivity index (χ4n) is 4.25. The van der Waals surface area contributed by atoms with Gasteiger partial charge in [-0.2, -0.15) is 0 Å². The number of hydrogen-bond donors (Lipinski definition) is 1. The van der Waals surface area contributed by atoms with Crippen molar-refractivity contribution in [3.63, 3.8) is 0 Å². The van der Waals surface area contributed by atoms with Crippen LogP contribution in [0.2, 0.25) is 5.02 Å². The van der Waals surface area contributed by atoms with Gasteiger partial charge in [0.2, 0.25) is 5.89 Å². The van der Waals surface area contributed by atoms with Crippen molar-refractivity contribution in [2.75, 3.05) is 0 Å². The summed E-state index contributed by atoms with van der Waals surface area (Å²) < 4.78 is 6.16. The van der Waals surface area contributed by atoms with Gasteiger partial charge in [0.1, 0.15) is 11.3 Å². The molecule has 39 heavy (non-hydrogen) atoms. The van der Waals surface area contributed by atoms with Crippen LogP contribution in [0.5, 0.6) is 5.75 Å². The maximum atomic E-state index is 9.72. The van der Waals surface area contributed by atoms with E-state index < -0.39 is 0 Å². The number of nitrogens with zero attached hydrogens (tertiary/aromatic N) is 1. The molecular weight excluding hydrogens is 502 g/mol. The number of benzene rings is 3. The standard InChI is InChI=1S/C21H24ClNO.C14H22O/c1-20(2,3)13-11-15(21(4,5)6)18-17(12-13)23-19(24-18)14-9-7-8-10-16(14)22;1-13(2,3)10-7-11(14(4,5)6)9-12(15)8-10/h7-12H,1-6H3;7-9,15H,1-6H3. The Morgan fingerprint density at radius 1 is 0.641 bits per heavy atom. The second-order valence-electron chi connectivity index (χ2n) is 14.6. The van der Waals surface area contributed by atoms with E-state index in [9.17, 15) is 5.11 Å². The normalized spacial score (nSPS) is 12.8. The fraction of sp³-hybridized carbons (Fsp3) is 0.457. The quantitative estimate of drug-likeness (QED) is 0.258. The zero-order chi connectivity index (χ0) is 29.6. The van der Waals surface area contributed by atoms with Crippen molar-refractivity contribution in [2.45, 2.75) is 105 Å². The highest BCUT2D eigenvalue weighted by Gasteiger charge is 2.26. The lowest BCUT2D eigenvalue weighted by atomic mass is 9.80. The van der Waals surface area contributed by atoms with Gasteiger partial charge in [-0.05, 0) is 68.7 Å². The van der Waals surface area contributed by atoms with E-state index in [-0.39, 0.29) is 21.7 Å². The minimum atomic E-state index is -0.0310. The molecule has 0 spiro atoms. The van der Waals surface area contributed by atoms with Crippen LogP contribution in [0.1, 0.15) is 105 Å². The Hall–Kier alpha value is -2.78. The average Bonchev–Trinajstić information content (AvgIpc) is 3.20. The number of fused-ring (bicyclic) bond motifs is 1. The van der Waals surface area contributed by atoms with Crippen LogP contribution in [0.3, 0.4) is 0 Å². The van der Waals surface area contributed by atoms with Crippen LogP contribution in [0, 0.1) is 0 Å². The highest BCUT2D eigenvalue weighted by Crippen LogP contribution is 2.38. The molecule has 4 heteroatoms. The molecule has 0 saturated heterocycles. The first-order valence-corrected chi connectivity index (χ1v) is 14.1. The smallest absolute Gasteiger partial charge is 0.228 e. The minimum Gasteiger partial charge on any atom is -0.508 e. The predicted octanol–water partition coefficient (Wildman–Crippen LogP) is 10.7. The van der Waals surface area contributed by atoms with E-state index in [0.717, 1.165) is 16.7 Å². The van der Waals surface area contributed by atoms with E-state index in [1.54, 1.807) is 0 Å². The number of halogens is 1. The van der Waals surface area contributed by atoms with Crippen molar-refractivity contribution in [1.82, 2.24) is 4.98 Å². The number of hydrogen-bond acceptors (Lipinski definition) is 3. The van der Waals surface area contributed by atoms with Gasteiger partial charge >= 0.3 is 0 Å². The molecule has 0 aliphatic rings. The lowest BCUT2D eigenvalue weighted by Gasteiger charge is -2.25. The van der Waals surface area contributed by atoms with Crippen molar-refractivity contribution >= 4 is 22.7 Å². The Morgan fingerprint density at radius 2 is 1.13 bits per heavy atom. The lowest BCUT2D eigenvalue weighted by molar-refractivity contribution is 0.466. The van der Waals surface area contributed by atoms with Crippen molar-refractivity contribution < 1.29 is 9.52 Å². The van der Waals surface area contributed by atoms with Gasteiger partial charge in [-0.25, -0.2) is 4.98 Å². The number of aromatic hydroxyl groups is 1. The van der Waals surface area contributed by atoms with Crippen LogP contribution in [-0.4, -0.2) is 10.1 Å². The molecule has 0 radical (unpaired) electrons. The van der Waals surface area contributed by atoms with Crippen molar-refractivity contribution in [2.24, 2.45) is 0 Å². The summed E-state index contributed by atoms with van der Waals surface area (Å²) in [5, 5.41) is 10.4. The van der Waals surface area contributed by atoms with Gasteiger partial charge < -0.3 is 9.52 Å². The third kappa shape index (κ3) is 7.45. The number of phenols is 1. The first kappa shape index (κ1) is 30.8. The summed E-state index contributed by atoms with van der Waals surface area (Å²) in [4.78, 5) is 4.74. The largest absolute Gasteiger partial charge is 0.508 e. The molecule has 0 saturated carbocycles. The molecule has 0 aliphatic carbocycles. The summed E-state index contributed by atoms with van der Waals surface area (Å²) in [6.07, 6.45) is 0. The van der Waals surface area contributed by atoms with Crippen LogP contribution < -0.4 is 0 Å². The summed E-state index contributed by atoms with van der Waals surface area (Å²) in [6.45, 7) is 26.2. The molecule has 210 valence electrons. The fourth-order valence-corrected chi connectivity index (χ4v) is 4.47. The van der Waals surface area contributed by atoms with E-state index in [0.29, 0.717) is 16.7 Å². The summed E-state index contributed by atoms with van der Waals surface area (Å²) in [7, 11) is 0. The van der Waals surface area contributed by atoms with Crippen LogP contribution in [-0.2, 0) is 21.7 Å². The van der Waals surface area contributed by atoms with E-state index in [1.807, 2.05) is 36.4 Å². The van der Waals surface area contributed by atoms with Gasteiger partial charge in [0.15, 0.2) is 5.58 Å². The Balaban J connectivity index is 0.000000242. The Bertz CT molecular complexity index is 1420. The number of rotatable bonds is 1. The van der Waals surface area contributed by atoms with Crippen LogP contribution in [0.4, 0.5) is 0 Å². The Kier molecular flexibility index (Phi) is 8.40. The summed E-state index contributed by atoms with van der Waals surface area (Å²) in [5.41, 5.74) is 7.57. The maximum Gasteiger partial charge on any atom is 0.228 e. The Labute approximate surface area is 240 Å². The average molecular weight is 548 g/mol. The molecule has 0 amide bonds. The molecule has 1 N–H and O–H groups in total. The van der Waals surface area contributed by atoms with E-state index in [1.165, 1.54) is 22.3 Å². The summed E-state index contributed by atoms with van der Waals surface area (Å²) >= 11 is 6.32. The monoisotopic (exact) mass is 547 g/mol. The van der Waals surface area contributed by atoms with E-state index >= 15 is 0 Å². The minimum absolute atomic E-state index is 0.0310. The molecule has 0 unspecified atom stereocenters. The molecule has 1 aromatic heterocycles. The zero-order valence-corrected chi connectivity index (χ0v) is 26.6. The van der Waals surface area contributed by atoms with E-state index in [2.05, 4.69) is 101 Å². The van der Waals surface area contributed by atoms with Crippen molar-refractivity contribution in [1.29, 1.82) is 0 Å². The van der Waals surface area contributed by atoms with Gasteiger partial charge in [0, 0.05) is 5.56 Å². The topological polar surface area (TPSA) is 46.3 Å². The van der Waals surface area contributed by atoms with Crippen LogP contribution >= 0.6 is 11.6 Å². The molecule has 4 aromatic rings. The molecule has 1 heterocycles. The maximum absolute atomic E-state index is 9.72. The molecule has 4 rings (SSSR count). The van der Waals surface area contributed by atoms with Crippen LogP contribution in [0.15, 0.2) is 59.0 Å². The number of aromatic nitrogens is 1. The molecule has 3 nitrogen and oxygen atoms in total. The van der Waals surface area contributed by atoms with Gasteiger partial charge in [0.05, 0.1) is 10.6 Å². The summed E-state index contributed by atoms with van der Waals surface area (Å²) in [6, 6.07) is 17.9. The first-order chi connectivity index (χ1) is 17.7. The molecule has 3 aromatic carbocycles. The highest BCUT2D eigenvalue weighted by molar-refractivity contribution is 6.33.